The highest BCUT2D eigenvalue weighted by atomic mass is 127. The first-order valence-electron chi connectivity index (χ1n) is 6.02. The molecule has 0 saturated carbocycles. The third kappa shape index (κ3) is 4.93. The lowest BCUT2D eigenvalue weighted by atomic mass is 10.1. The van der Waals surface area contributed by atoms with Gasteiger partial charge in [-0.25, -0.2) is 0 Å². The molecule has 0 N–H and O–H groups in total. The van der Waals surface area contributed by atoms with E-state index in [0.717, 1.165) is 16.0 Å². The molecule has 1 nitrogen and oxygen atoms in total. The second-order valence-electron chi connectivity index (χ2n) is 4.22. The van der Waals surface area contributed by atoms with E-state index in [1.54, 1.807) is 17.8 Å². The van der Waals surface area contributed by atoms with Crippen LogP contribution >= 0.6 is 79.5 Å². The van der Waals surface area contributed by atoms with Gasteiger partial charge in [0.1, 0.15) is 0 Å². The maximum absolute atomic E-state index is 12.2. The number of benzene rings is 2. The minimum atomic E-state index is 0.0335. The quantitative estimate of drug-likeness (QED) is 0.133. The van der Waals surface area contributed by atoms with Crippen LogP contribution in [0.5, 0.6) is 0 Å². The maximum atomic E-state index is 12.2. The third-order valence-corrected chi connectivity index (χ3v) is 8.48. The Bertz CT molecular complexity index is 670. The zero-order valence-corrected chi connectivity index (χ0v) is 18.4. The minimum absolute atomic E-state index is 0.0335. The van der Waals surface area contributed by atoms with Crippen molar-refractivity contribution in [3.63, 3.8) is 0 Å². The van der Waals surface area contributed by atoms with Gasteiger partial charge >= 0.3 is 0 Å². The summed E-state index contributed by atoms with van der Waals surface area (Å²) in [6, 6.07) is 11.9. The maximum Gasteiger partial charge on any atom is 0.185 e. The molecule has 0 aliphatic heterocycles. The van der Waals surface area contributed by atoms with Crippen molar-refractivity contribution < 1.29 is 4.79 Å². The monoisotopic (exact) mass is 632 g/mol. The van der Waals surface area contributed by atoms with Crippen LogP contribution in [0.1, 0.15) is 15.9 Å². The van der Waals surface area contributed by atoms with Crippen molar-refractivity contribution in [1.29, 1.82) is 0 Å². The summed E-state index contributed by atoms with van der Waals surface area (Å²) in [4.78, 5) is 13.3. The van der Waals surface area contributed by atoms with E-state index in [4.69, 9.17) is 0 Å². The van der Waals surface area contributed by atoms with E-state index in [0.29, 0.717) is 0 Å². The molecule has 2 aromatic rings. The summed E-state index contributed by atoms with van der Waals surface area (Å²) in [5.74, 6) is 0.0335. The Morgan fingerprint density at radius 3 is 2.14 bits per heavy atom. The summed E-state index contributed by atoms with van der Waals surface area (Å²) in [7, 11) is 0. The molecule has 0 fully saturated rings. The fraction of sp³-hybridized carbons (Fsp3) is 0.0625. The van der Waals surface area contributed by atoms with E-state index in [9.17, 15) is 4.79 Å². The molecule has 2 aromatic carbocycles. The molecule has 0 unspecified atom stereocenters. The average molecular weight is 632 g/mol. The third-order valence-electron chi connectivity index (χ3n) is 2.81. The molecule has 0 heterocycles. The Hall–Kier alpha value is 0.390. The van der Waals surface area contributed by atoms with Gasteiger partial charge in [-0.15, -0.1) is 11.8 Å². The van der Waals surface area contributed by atoms with Gasteiger partial charge in [0.25, 0.3) is 0 Å². The Labute approximate surface area is 169 Å². The normalized spacial score (nSPS) is 11.0. The van der Waals surface area contributed by atoms with Crippen LogP contribution < -0.4 is 0 Å². The lowest BCUT2D eigenvalue weighted by molar-refractivity contribution is 0.104. The predicted molar refractivity (Wildman–Crippen MR) is 116 cm³/mol. The van der Waals surface area contributed by atoms with Crippen LogP contribution in [0.25, 0.3) is 6.08 Å². The van der Waals surface area contributed by atoms with E-state index >= 15 is 0 Å². The summed E-state index contributed by atoms with van der Waals surface area (Å²) in [5.41, 5.74) is 1.78. The summed E-state index contributed by atoms with van der Waals surface area (Å²) in [6.07, 6.45) is 5.55. The van der Waals surface area contributed by atoms with Gasteiger partial charge in [-0.2, -0.15) is 0 Å². The highest BCUT2D eigenvalue weighted by Gasteiger charge is 2.04. The molecular formula is C16H11I3OS. The van der Waals surface area contributed by atoms with E-state index < -0.39 is 0 Å². The molecular weight excluding hydrogens is 621 g/mol. The molecule has 21 heavy (non-hydrogen) atoms. The number of carbonyl (C=O) groups is 1. The highest BCUT2D eigenvalue weighted by Crippen LogP contribution is 2.24. The largest absolute Gasteiger partial charge is 0.289 e. The van der Waals surface area contributed by atoms with E-state index in [2.05, 4.69) is 79.9 Å². The molecule has 108 valence electrons. The van der Waals surface area contributed by atoms with Gasteiger partial charge in [-0.1, -0.05) is 6.08 Å². The molecule has 0 spiro atoms. The summed E-state index contributed by atoms with van der Waals surface area (Å²) in [6.45, 7) is 0. The van der Waals surface area contributed by atoms with E-state index in [1.807, 2.05) is 36.6 Å². The number of ketones is 1. The molecule has 0 atom stereocenters. The van der Waals surface area contributed by atoms with Gasteiger partial charge < -0.3 is 0 Å². The Kier molecular flexibility index (Phi) is 7.01. The van der Waals surface area contributed by atoms with Crippen LogP contribution in [-0.4, -0.2) is 12.0 Å². The molecule has 0 aliphatic rings. The molecule has 0 aromatic heterocycles. The van der Waals surface area contributed by atoms with Gasteiger partial charge in [-0.3, -0.25) is 4.79 Å². The smallest absolute Gasteiger partial charge is 0.185 e. The van der Waals surface area contributed by atoms with E-state index in [-0.39, 0.29) is 5.78 Å². The zero-order valence-electron chi connectivity index (χ0n) is 11.1. The Morgan fingerprint density at radius 2 is 1.62 bits per heavy atom. The number of halogens is 3. The highest BCUT2D eigenvalue weighted by molar-refractivity contribution is 14.1. The van der Waals surface area contributed by atoms with Crippen LogP contribution in [0.3, 0.4) is 0 Å². The molecule has 0 saturated heterocycles. The van der Waals surface area contributed by atoms with Crippen molar-refractivity contribution >= 4 is 91.4 Å². The topological polar surface area (TPSA) is 17.1 Å². The standard InChI is InChI=1S/C16H11I3OS/c1-21-12-5-3-11(4-6-12)15(20)7-2-10-8-13(17)16(19)14(18)9-10/h2-9H,1H3/b7-2+. The van der Waals surface area contributed by atoms with Gasteiger partial charge in [0, 0.05) is 21.2 Å². The van der Waals surface area contributed by atoms with Gasteiger partial charge in [0.2, 0.25) is 0 Å². The molecule has 2 rings (SSSR count). The minimum Gasteiger partial charge on any atom is -0.289 e. The van der Waals surface area contributed by atoms with Gasteiger partial charge in [0.05, 0.1) is 0 Å². The van der Waals surface area contributed by atoms with Crippen molar-refractivity contribution in [2.75, 3.05) is 6.26 Å². The second kappa shape index (κ2) is 8.30. The average Bonchev–Trinajstić information content (AvgIpc) is 2.50. The van der Waals surface area contributed by atoms with Crippen LogP contribution in [-0.2, 0) is 0 Å². The fourth-order valence-electron chi connectivity index (χ4n) is 1.69. The van der Waals surface area contributed by atoms with Crippen LogP contribution in [0.2, 0.25) is 0 Å². The van der Waals surface area contributed by atoms with Gasteiger partial charge in [0.15, 0.2) is 5.78 Å². The molecule has 0 amide bonds. The van der Waals surface area contributed by atoms with Crippen LogP contribution in [0.15, 0.2) is 47.4 Å². The van der Waals surface area contributed by atoms with Crippen molar-refractivity contribution in [3.05, 3.63) is 64.3 Å². The fourth-order valence-corrected chi connectivity index (χ4v) is 4.23. The Morgan fingerprint density at radius 1 is 1.05 bits per heavy atom. The molecule has 0 bridgehead atoms. The van der Waals surface area contributed by atoms with Crippen molar-refractivity contribution in [2.45, 2.75) is 4.90 Å². The molecule has 0 aliphatic carbocycles. The summed E-state index contributed by atoms with van der Waals surface area (Å²) in [5, 5.41) is 0. The Balaban J connectivity index is 2.18. The van der Waals surface area contributed by atoms with Crippen LogP contribution in [0.4, 0.5) is 0 Å². The van der Waals surface area contributed by atoms with Crippen molar-refractivity contribution in [3.8, 4) is 0 Å². The number of allylic oxidation sites excluding steroid dienone is 1. The predicted octanol–water partition coefficient (Wildman–Crippen LogP) is 6.12. The first-order valence-corrected chi connectivity index (χ1v) is 10.5. The van der Waals surface area contributed by atoms with E-state index in [1.165, 1.54) is 10.7 Å². The first kappa shape index (κ1) is 17.7. The molecule has 5 heteroatoms. The number of hydrogen-bond donors (Lipinski definition) is 0. The summed E-state index contributed by atoms with van der Waals surface area (Å²) < 4.78 is 3.66. The number of thioether (sulfide) groups is 1. The van der Waals surface area contributed by atoms with Crippen molar-refractivity contribution in [1.82, 2.24) is 0 Å². The van der Waals surface area contributed by atoms with Crippen molar-refractivity contribution in [2.24, 2.45) is 0 Å². The number of rotatable bonds is 4. The summed E-state index contributed by atoms with van der Waals surface area (Å²) >= 11 is 8.64. The lowest BCUT2D eigenvalue weighted by Gasteiger charge is -2.02. The van der Waals surface area contributed by atoms with Gasteiger partial charge in [-0.05, 0) is 122 Å². The van der Waals surface area contributed by atoms with Crippen LogP contribution in [0, 0.1) is 10.7 Å². The number of carbonyl (C=O) groups excluding carboxylic acids is 1. The molecule has 0 radical (unpaired) electrons. The SMILES string of the molecule is CSc1ccc(C(=O)/C=C/c2cc(I)c(I)c(I)c2)cc1. The second-order valence-corrected chi connectivity index (χ2v) is 8.51. The first-order chi connectivity index (χ1) is 10.0. The lowest BCUT2D eigenvalue weighted by Crippen LogP contribution is -1.94. The number of hydrogen-bond acceptors (Lipinski definition) is 2. The zero-order chi connectivity index (χ0) is 15.4.